The number of nitrogens with two attached hydrogens (primary N) is 1. The fourth-order valence-electron chi connectivity index (χ4n) is 4.74. The Hall–Kier alpha value is -4.55. The second-order valence-electron chi connectivity index (χ2n) is 10.1. The molecule has 39 heavy (non-hydrogen) atoms. The SMILES string of the molecule is CCC(=O)Cn1c(=O)c(N[C@@H](C)C(=O)Nc2cncc(-c3ccc(N4CC5CC5C4)nc3)n2)c(N)n(C)c1=O. The number of ketones is 1. The van der Waals surface area contributed by atoms with Gasteiger partial charge in [0.05, 0.1) is 24.6 Å². The summed E-state index contributed by atoms with van der Waals surface area (Å²) < 4.78 is 1.86. The summed E-state index contributed by atoms with van der Waals surface area (Å²) in [6.45, 7) is 4.90. The zero-order valence-corrected chi connectivity index (χ0v) is 22.0. The first kappa shape index (κ1) is 26.1. The Morgan fingerprint density at radius 3 is 2.56 bits per heavy atom. The van der Waals surface area contributed by atoms with Gasteiger partial charge < -0.3 is 21.3 Å². The number of anilines is 4. The molecule has 1 saturated carbocycles. The lowest BCUT2D eigenvalue weighted by Crippen LogP contribution is -2.44. The number of Topliss-reactive ketones (excluding diaryl/α,β-unsaturated/α-hetero) is 1. The first-order valence-electron chi connectivity index (χ1n) is 12.9. The van der Waals surface area contributed by atoms with Crippen LogP contribution in [-0.4, -0.2) is 54.9 Å². The minimum atomic E-state index is -0.939. The second-order valence-corrected chi connectivity index (χ2v) is 10.1. The van der Waals surface area contributed by atoms with Crippen LogP contribution in [0.4, 0.5) is 23.1 Å². The molecule has 0 radical (unpaired) electrons. The number of carbonyl (C=O) groups excluding carboxylic acids is 2. The molecule has 2 fully saturated rings. The van der Waals surface area contributed by atoms with E-state index in [1.54, 1.807) is 19.3 Å². The molecule has 13 nitrogen and oxygen atoms in total. The fourth-order valence-corrected chi connectivity index (χ4v) is 4.74. The van der Waals surface area contributed by atoms with Crippen LogP contribution in [0.1, 0.15) is 26.7 Å². The number of aromatic nitrogens is 5. The molecule has 1 aliphatic carbocycles. The highest BCUT2D eigenvalue weighted by Crippen LogP contribution is 2.45. The number of nitrogens with zero attached hydrogens (tertiary/aromatic N) is 6. The van der Waals surface area contributed by atoms with Crippen LogP contribution >= 0.6 is 0 Å². The summed E-state index contributed by atoms with van der Waals surface area (Å²) in [5.41, 5.74) is 5.67. The summed E-state index contributed by atoms with van der Waals surface area (Å²) in [4.78, 5) is 65.8. The summed E-state index contributed by atoms with van der Waals surface area (Å²) in [6.07, 6.45) is 6.24. The van der Waals surface area contributed by atoms with Gasteiger partial charge in [0.2, 0.25) is 5.91 Å². The van der Waals surface area contributed by atoms with Gasteiger partial charge in [-0.25, -0.2) is 14.8 Å². The number of hydrogen-bond acceptors (Lipinski definition) is 10. The maximum absolute atomic E-state index is 13.0. The topological polar surface area (TPSA) is 170 Å². The van der Waals surface area contributed by atoms with Crippen molar-refractivity contribution in [3.05, 3.63) is 51.6 Å². The Labute approximate surface area is 224 Å². The molecule has 0 bridgehead atoms. The zero-order valence-electron chi connectivity index (χ0n) is 22.0. The fraction of sp³-hybridized carbons (Fsp3) is 0.423. The van der Waals surface area contributed by atoms with Crippen LogP contribution in [0.5, 0.6) is 0 Å². The van der Waals surface area contributed by atoms with Crippen LogP contribution in [0.15, 0.2) is 40.3 Å². The van der Waals surface area contributed by atoms with Crippen LogP contribution in [0.2, 0.25) is 0 Å². The highest BCUT2D eigenvalue weighted by molar-refractivity contribution is 5.96. The van der Waals surface area contributed by atoms with E-state index in [9.17, 15) is 19.2 Å². The van der Waals surface area contributed by atoms with E-state index in [0.29, 0.717) is 5.69 Å². The van der Waals surface area contributed by atoms with Crippen LogP contribution in [-0.2, 0) is 23.2 Å². The quantitative estimate of drug-likeness (QED) is 0.358. The molecular formula is C26H31N9O4. The maximum Gasteiger partial charge on any atom is 0.332 e. The van der Waals surface area contributed by atoms with Gasteiger partial charge in [0.15, 0.2) is 11.6 Å². The summed E-state index contributed by atoms with van der Waals surface area (Å²) in [5.74, 6) is 1.84. The van der Waals surface area contributed by atoms with Gasteiger partial charge in [-0.05, 0) is 37.3 Å². The van der Waals surface area contributed by atoms with Gasteiger partial charge in [-0.3, -0.25) is 28.5 Å². The van der Waals surface area contributed by atoms with E-state index >= 15 is 0 Å². The third-order valence-electron chi connectivity index (χ3n) is 7.31. The third-order valence-corrected chi connectivity index (χ3v) is 7.31. The number of hydrogen-bond donors (Lipinski definition) is 3. The van der Waals surface area contributed by atoms with Crippen LogP contribution in [0.25, 0.3) is 11.3 Å². The molecule has 4 N–H and O–H groups in total. The average molecular weight is 534 g/mol. The molecule has 2 aliphatic rings. The summed E-state index contributed by atoms with van der Waals surface area (Å²) in [6, 6.07) is 2.96. The molecule has 0 aromatic carbocycles. The Balaban J connectivity index is 1.28. The number of nitrogen functional groups attached to an aromatic ring is 1. The molecule has 3 aromatic heterocycles. The predicted molar refractivity (Wildman–Crippen MR) is 146 cm³/mol. The standard InChI is InChI=1S/C26H31N9O4/c1-4-18(36)13-35-25(38)22(23(27)33(3)26(35)39)30-14(2)24(37)32-20-10-28-9-19(31-20)15-5-6-21(29-8-15)34-11-16-7-17(16)12-34/h5-6,8-10,14,16-17,30H,4,7,11-13,27H2,1-3H3,(H,31,32,37)/t14-,16?,17?/m0/s1. The van der Waals surface area contributed by atoms with Crippen molar-refractivity contribution in [2.24, 2.45) is 18.9 Å². The molecule has 1 saturated heterocycles. The van der Waals surface area contributed by atoms with E-state index in [-0.39, 0.29) is 36.1 Å². The van der Waals surface area contributed by atoms with Crippen LogP contribution in [0.3, 0.4) is 0 Å². The van der Waals surface area contributed by atoms with E-state index in [1.807, 2.05) is 12.1 Å². The summed E-state index contributed by atoms with van der Waals surface area (Å²) >= 11 is 0. The Kier molecular flexibility index (Phi) is 6.89. The molecule has 13 heteroatoms. The van der Waals surface area contributed by atoms with E-state index in [1.165, 1.54) is 26.6 Å². The van der Waals surface area contributed by atoms with Gasteiger partial charge in [-0.1, -0.05) is 6.92 Å². The maximum atomic E-state index is 13.0. The lowest BCUT2D eigenvalue weighted by atomic mass is 10.2. The number of nitrogens with one attached hydrogen (secondary N) is 2. The highest BCUT2D eigenvalue weighted by atomic mass is 16.2. The lowest BCUT2D eigenvalue weighted by Gasteiger charge is -2.19. The van der Waals surface area contributed by atoms with Gasteiger partial charge >= 0.3 is 5.69 Å². The number of fused-ring (bicyclic) bond motifs is 1. The zero-order chi connectivity index (χ0) is 27.8. The molecule has 1 aliphatic heterocycles. The van der Waals surface area contributed by atoms with Gasteiger partial charge in [0, 0.05) is 38.3 Å². The smallest absolute Gasteiger partial charge is 0.332 e. The van der Waals surface area contributed by atoms with E-state index < -0.39 is 23.2 Å². The molecule has 3 atom stereocenters. The van der Waals surface area contributed by atoms with E-state index in [4.69, 9.17) is 5.73 Å². The van der Waals surface area contributed by atoms with Crippen molar-refractivity contribution >= 4 is 34.8 Å². The largest absolute Gasteiger partial charge is 0.383 e. The summed E-state index contributed by atoms with van der Waals surface area (Å²) in [7, 11) is 1.38. The van der Waals surface area contributed by atoms with Crippen molar-refractivity contribution in [3.63, 3.8) is 0 Å². The minimum Gasteiger partial charge on any atom is -0.383 e. The van der Waals surface area contributed by atoms with Gasteiger partial charge in [0.25, 0.3) is 5.56 Å². The van der Waals surface area contributed by atoms with Crippen molar-refractivity contribution in [3.8, 4) is 11.3 Å². The monoisotopic (exact) mass is 533 g/mol. The number of rotatable bonds is 9. The lowest BCUT2D eigenvalue weighted by molar-refractivity contribution is -0.119. The summed E-state index contributed by atoms with van der Waals surface area (Å²) in [5, 5.41) is 5.46. The highest BCUT2D eigenvalue weighted by Gasteiger charge is 2.45. The second kappa shape index (κ2) is 10.3. The average Bonchev–Trinajstić information content (AvgIpc) is 3.56. The van der Waals surface area contributed by atoms with Gasteiger partial charge in [0.1, 0.15) is 23.4 Å². The number of piperidine rings is 1. The molecular weight excluding hydrogens is 502 g/mol. The number of pyridine rings is 1. The molecule has 0 spiro atoms. The first-order chi connectivity index (χ1) is 18.7. The first-order valence-corrected chi connectivity index (χ1v) is 12.9. The molecule has 2 unspecified atom stereocenters. The van der Waals surface area contributed by atoms with Crippen LogP contribution in [0, 0.1) is 11.8 Å². The predicted octanol–water partition coefficient (Wildman–Crippen LogP) is 0.856. The number of carbonyl (C=O) groups is 2. The molecule has 204 valence electrons. The van der Waals surface area contributed by atoms with Crippen molar-refractivity contribution in [1.82, 2.24) is 24.1 Å². The van der Waals surface area contributed by atoms with Crippen molar-refractivity contribution < 1.29 is 9.59 Å². The van der Waals surface area contributed by atoms with E-state index in [2.05, 4.69) is 30.5 Å². The van der Waals surface area contributed by atoms with Crippen LogP contribution < -0.4 is 32.5 Å². The Bertz CT molecular complexity index is 1540. The number of amides is 1. The Morgan fingerprint density at radius 1 is 1.15 bits per heavy atom. The van der Waals surface area contributed by atoms with Crippen molar-refractivity contribution in [1.29, 1.82) is 0 Å². The Morgan fingerprint density at radius 2 is 1.90 bits per heavy atom. The normalized spacial score (nSPS) is 18.4. The molecule has 3 aromatic rings. The van der Waals surface area contributed by atoms with Crippen molar-refractivity contribution in [2.45, 2.75) is 39.3 Å². The van der Waals surface area contributed by atoms with Gasteiger partial charge in [-0.15, -0.1) is 0 Å². The molecule has 1 amide bonds. The molecule has 4 heterocycles. The van der Waals surface area contributed by atoms with Crippen molar-refractivity contribution in [2.75, 3.05) is 34.4 Å². The van der Waals surface area contributed by atoms with E-state index in [0.717, 1.165) is 45.4 Å². The minimum absolute atomic E-state index is 0.145. The molecule has 5 rings (SSSR count). The van der Waals surface area contributed by atoms with Gasteiger partial charge in [-0.2, -0.15) is 0 Å². The third kappa shape index (κ3) is 5.24.